The molecule has 0 aliphatic heterocycles. The lowest BCUT2D eigenvalue weighted by molar-refractivity contribution is 0.423. The van der Waals surface area contributed by atoms with E-state index in [4.69, 9.17) is 5.41 Å². The molecule has 0 aromatic rings. The van der Waals surface area contributed by atoms with Gasteiger partial charge in [-0.15, -0.1) is 0 Å². The van der Waals surface area contributed by atoms with Crippen molar-refractivity contribution in [3.05, 3.63) is 12.1 Å². The van der Waals surface area contributed by atoms with Gasteiger partial charge in [0.25, 0.3) is 0 Å². The Morgan fingerprint density at radius 1 is 1.67 bits per heavy atom. The molecule has 3 heteroatoms. The van der Waals surface area contributed by atoms with Crippen molar-refractivity contribution >= 4 is 6.40 Å². The van der Waals surface area contributed by atoms with Crippen LogP contribution in [-0.4, -0.2) is 6.40 Å². The standard InChI is InChI=1S/C6H10FNO/c1-5(2)6(7)3-9-4-8/h3-5,8H,1-2H3/b6-3-,8-4?. The van der Waals surface area contributed by atoms with Crippen molar-refractivity contribution in [3.8, 4) is 0 Å². The summed E-state index contributed by atoms with van der Waals surface area (Å²) in [6.07, 6.45) is 1.61. The lowest BCUT2D eigenvalue weighted by Gasteiger charge is -1.97. The maximum atomic E-state index is 12.3. The zero-order valence-corrected chi connectivity index (χ0v) is 5.52. The molecule has 0 aliphatic rings. The summed E-state index contributed by atoms with van der Waals surface area (Å²) in [5.41, 5.74) is 0. The zero-order chi connectivity index (χ0) is 7.28. The van der Waals surface area contributed by atoms with Gasteiger partial charge in [-0.3, -0.25) is 5.41 Å². The summed E-state index contributed by atoms with van der Waals surface area (Å²) in [7, 11) is 0. The minimum Gasteiger partial charge on any atom is -0.451 e. The summed E-state index contributed by atoms with van der Waals surface area (Å²) in [5.74, 6) is -0.511. The first-order chi connectivity index (χ1) is 4.18. The number of hydrogen-bond donors (Lipinski definition) is 1. The first kappa shape index (κ1) is 8.14. The smallest absolute Gasteiger partial charge is 0.173 e. The van der Waals surface area contributed by atoms with Gasteiger partial charge in [0.15, 0.2) is 6.40 Å². The van der Waals surface area contributed by atoms with Crippen LogP contribution in [0.4, 0.5) is 4.39 Å². The highest BCUT2D eigenvalue weighted by atomic mass is 19.1. The molecule has 0 saturated carbocycles. The molecule has 0 amide bonds. The molecule has 0 bridgehead atoms. The van der Waals surface area contributed by atoms with Crippen molar-refractivity contribution in [1.82, 2.24) is 0 Å². The number of hydrogen-bond acceptors (Lipinski definition) is 2. The molecule has 2 nitrogen and oxygen atoms in total. The van der Waals surface area contributed by atoms with Gasteiger partial charge in [-0.1, -0.05) is 13.8 Å². The van der Waals surface area contributed by atoms with Gasteiger partial charge in [0.05, 0.1) is 0 Å². The first-order valence-corrected chi connectivity index (χ1v) is 2.68. The zero-order valence-electron chi connectivity index (χ0n) is 5.52. The van der Waals surface area contributed by atoms with Crippen LogP contribution in [0.15, 0.2) is 12.1 Å². The quantitative estimate of drug-likeness (QED) is 0.355. The molecule has 0 aromatic heterocycles. The van der Waals surface area contributed by atoms with Crippen LogP contribution in [0.5, 0.6) is 0 Å². The number of rotatable bonds is 3. The van der Waals surface area contributed by atoms with Gasteiger partial charge in [0.2, 0.25) is 0 Å². The van der Waals surface area contributed by atoms with Crippen molar-refractivity contribution < 1.29 is 9.13 Å². The van der Waals surface area contributed by atoms with Gasteiger partial charge >= 0.3 is 0 Å². The molecule has 0 aromatic carbocycles. The second-order valence-electron chi connectivity index (χ2n) is 1.91. The summed E-state index contributed by atoms with van der Waals surface area (Å²) in [6.45, 7) is 3.41. The van der Waals surface area contributed by atoms with Gasteiger partial charge < -0.3 is 4.74 Å². The van der Waals surface area contributed by atoms with Crippen LogP contribution in [0.1, 0.15) is 13.8 Å². The van der Waals surface area contributed by atoms with Crippen molar-refractivity contribution in [2.45, 2.75) is 13.8 Å². The van der Waals surface area contributed by atoms with E-state index in [0.717, 1.165) is 6.26 Å². The second kappa shape index (κ2) is 4.06. The lowest BCUT2D eigenvalue weighted by atomic mass is 10.2. The molecule has 0 fully saturated rings. The highest BCUT2D eigenvalue weighted by Gasteiger charge is 1.99. The van der Waals surface area contributed by atoms with Gasteiger partial charge in [-0.2, -0.15) is 0 Å². The molecular formula is C6H10FNO. The third kappa shape index (κ3) is 3.70. The summed E-state index contributed by atoms with van der Waals surface area (Å²) in [5, 5.41) is 6.38. The van der Waals surface area contributed by atoms with Gasteiger partial charge in [0.1, 0.15) is 12.1 Å². The Bertz CT molecular complexity index is 120. The lowest BCUT2D eigenvalue weighted by Crippen LogP contribution is -1.87. The van der Waals surface area contributed by atoms with Gasteiger partial charge in [0, 0.05) is 5.92 Å². The molecule has 0 heterocycles. The van der Waals surface area contributed by atoms with Gasteiger partial charge in [-0.05, 0) is 0 Å². The first-order valence-electron chi connectivity index (χ1n) is 2.68. The predicted molar refractivity (Wildman–Crippen MR) is 33.9 cm³/mol. The van der Waals surface area contributed by atoms with E-state index < -0.39 is 0 Å². The van der Waals surface area contributed by atoms with Crippen molar-refractivity contribution in [2.24, 2.45) is 5.92 Å². The van der Waals surface area contributed by atoms with Crippen LogP contribution >= 0.6 is 0 Å². The average Bonchev–Trinajstić information content (AvgIpc) is 1.82. The number of nitrogens with one attached hydrogen (secondary N) is 1. The molecule has 52 valence electrons. The molecule has 0 spiro atoms. The monoisotopic (exact) mass is 131 g/mol. The van der Waals surface area contributed by atoms with E-state index in [0.29, 0.717) is 6.40 Å². The molecule has 1 N–H and O–H groups in total. The summed E-state index contributed by atoms with van der Waals surface area (Å²) in [4.78, 5) is 0. The highest BCUT2D eigenvalue weighted by molar-refractivity contribution is 5.42. The second-order valence-corrected chi connectivity index (χ2v) is 1.91. The SMILES string of the molecule is CC(C)/C(F)=C/OC=N. The Hall–Kier alpha value is -0.860. The van der Waals surface area contributed by atoms with Gasteiger partial charge in [-0.25, -0.2) is 4.39 Å². The normalized spacial score (nSPS) is 11.8. The van der Waals surface area contributed by atoms with Crippen LogP contribution in [0.3, 0.4) is 0 Å². The summed E-state index contributed by atoms with van der Waals surface area (Å²) < 4.78 is 16.6. The largest absolute Gasteiger partial charge is 0.451 e. The molecule has 0 rings (SSSR count). The molecule has 0 unspecified atom stereocenters. The van der Waals surface area contributed by atoms with E-state index in [1.54, 1.807) is 13.8 Å². The van der Waals surface area contributed by atoms with E-state index >= 15 is 0 Å². The number of halogens is 1. The van der Waals surface area contributed by atoms with E-state index in [1.165, 1.54) is 0 Å². The predicted octanol–water partition coefficient (Wildman–Crippen LogP) is 2.08. The number of allylic oxidation sites excluding steroid dienone is 1. The minimum atomic E-state index is -0.349. The average molecular weight is 131 g/mol. The van der Waals surface area contributed by atoms with Crippen molar-refractivity contribution in [1.29, 1.82) is 5.41 Å². The highest BCUT2D eigenvalue weighted by Crippen LogP contribution is 2.09. The Morgan fingerprint density at radius 3 is 2.56 bits per heavy atom. The van der Waals surface area contributed by atoms with Crippen LogP contribution in [0, 0.1) is 11.3 Å². The topological polar surface area (TPSA) is 33.1 Å². The molecule has 0 atom stereocenters. The maximum Gasteiger partial charge on any atom is 0.173 e. The Morgan fingerprint density at radius 2 is 2.22 bits per heavy atom. The van der Waals surface area contributed by atoms with E-state index in [-0.39, 0.29) is 11.7 Å². The maximum absolute atomic E-state index is 12.3. The van der Waals surface area contributed by atoms with Crippen LogP contribution < -0.4 is 0 Å². The molecule has 0 saturated heterocycles. The van der Waals surface area contributed by atoms with Crippen LogP contribution in [0.25, 0.3) is 0 Å². The van der Waals surface area contributed by atoms with Crippen LogP contribution in [0.2, 0.25) is 0 Å². The Kier molecular flexibility index (Phi) is 3.67. The summed E-state index contributed by atoms with van der Waals surface area (Å²) in [6, 6.07) is 0. The van der Waals surface area contributed by atoms with Crippen LogP contribution in [-0.2, 0) is 4.74 Å². The third-order valence-electron chi connectivity index (χ3n) is 0.800. The van der Waals surface area contributed by atoms with Crippen molar-refractivity contribution in [3.63, 3.8) is 0 Å². The third-order valence-corrected chi connectivity index (χ3v) is 0.800. The van der Waals surface area contributed by atoms with E-state index in [1.807, 2.05) is 0 Å². The van der Waals surface area contributed by atoms with Crippen molar-refractivity contribution in [2.75, 3.05) is 0 Å². The molecular weight excluding hydrogens is 121 g/mol. The van der Waals surface area contributed by atoms with E-state index in [2.05, 4.69) is 4.74 Å². The fourth-order valence-electron chi connectivity index (χ4n) is 0.235. The fraction of sp³-hybridized carbons (Fsp3) is 0.500. The Balaban J connectivity index is 3.68. The minimum absolute atomic E-state index is 0.162. The molecule has 0 aliphatic carbocycles. The molecule has 0 radical (unpaired) electrons. The Labute approximate surface area is 53.8 Å². The molecule has 9 heavy (non-hydrogen) atoms. The number of ether oxygens (including phenoxy) is 1. The fourth-order valence-corrected chi connectivity index (χ4v) is 0.235. The van der Waals surface area contributed by atoms with E-state index in [9.17, 15) is 4.39 Å². The summed E-state index contributed by atoms with van der Waals surface area (Å²) >= 11 is 0.